The summed E-state index contributed by atoms with van der Waals surface area (Å²) >= 11 is 0. The van der Waals surface area contributed by atoms with Gasteiger partial charge in [-0.25, -0.2) is 0 Å². The molecule has 25 heavy (non-hydrogen) atoms. The molecule has 0 spiro atoms. The molecule has 0 amide bonds. The lowest BCUT2D eigenvalue weighted by Crippen LogP contribution is -2.40. The van der Waals surface area contributed by atoms with Gasteiger partial charge in [0.2, 0.25) is 0 Å². The zero-order valence-corrected chi connectivity index (χ0v) is 15.8. The van der Waals surface area contributed by atoms with Crippen LogP contribution < -0.4 is 10.6 Å². The molecule has 0 radical (unpaired) electrons. The van der Waals surface area contributed by atoms with Crippen LogP contribution in [0.25, 0.3) is 0 Å². The Bertz CT molecular complexity index is 499. The Morgan fingerprint density at radius 1 is 1.28 bits per heavy atom. The van der Waals surface area contributed by atoms with E-state index in [9.17, 15) is 0 Å². The summed E-state index contributed by atoms with van der Waals surface area (Å²) in [6, 6.07) is 10.7. The van der Waals surface area contributed by atoms with Crippen molar-refractivity contribution in [3.05, 3.63) is 35.9 Å². The van der Waals surface area contributed by atoms with Crippen molar-refractivity contribution in [3.8, 4) is 0 Å². The molecule has 140 valence electrons. The van der Waals surface area contributed by atoms with Gasteiger partial charge in [-0.15, -0.1) is 0 Å². The van der Waals surface area contributed by atoms with Gasteiger partial charge >= 0.3 is 0 Å². The van der Waals surface area contributed by atoms with Crippen LogP contribution in [0.1, 0.15) is 38.2 Å². The second kappa shape index (κ2) is 11.1. The Hall–Kier alpha value is -1.59. The first kappa shape index (κ1) is 19.7. The Kier molecular flexibility index (Phi) is 8.77. The van der Waals surface area contributed by atoms with Crippen LogP contribution in [0.3, 0.4) is 0 Å². The maximum absolute atomic E-state index is 5.78. The smallest absolute Gasteiger partial charge is 0.190 e. The fourth-order valence-corrected chi connectivity index (χ4v) is 3.04. The van der Waals surface area contributed by atoms with E-state index in [-0.39, 0.29) is 6.10 Å². The minimum Gasteiger partial charge on any atom is -0.379 e. The van der Waals surface area contributed by atoms with E-state index in [1.165, 1.54) is 5.56 Å². The monoisotopic (exact) mass is 347 g/mol. The van der Waals surface area contributed by atoms with Crippen LogP contribution in [0, 0.1) is 5.92 Å². The summed E-state index contributed by atoms with van der Waals surface area (Å²) in [4.78, 5) is 4.32. The SMILES string of the molecule is CN=C(NCCCOC1CCOC1)NCC(c1ccccc1)C(C)C. The number of aliphatic imine (C=N–C) groups is 1. The molecule has 1 saturated heterocycles. The molecule has 0 bridgehead atoms. The summed E-state index contributed by atoms with van der Waals surface area (Å²) in [6.45, 7) is 8.59. The topological polar surface area (TPSA) is 54.9 Å². The minimum absolute atomic E-state index is 0.287. The Morgan fingerprint density at radius 3 is 2.72 bits per heavy atom. The summed E-state index contributed by atoms with van der Waals surface area (Å²) in [5, 5.41) is 6.83. The largest absolute Gasteiger partial charge is 0.379 e. The maximum Gasteiger partial charge on any atom is 0.190 e. The molecule has 2 N–H and O–H groups in total. The van der Waals surface area contributed by atoms with Crippen LogP contribution >= 0.6 is 0 Å². The molecule has 1 heterocycles. The van der Waals surface area contributed by atoms with E-state index in [2.05, 4.69) is 59.8 Å². The highest BCUT2D eigenvalue weighted by atomic mass is 16.5. The molecule has 2 rings (SSSR count). The van der Waals surface area contributed by atoms with Crippen molar-refractivity contribution in [2.45, 2.75) is 38.7 Å². The zero-order valence-electron chi connectivity index (χ0n) is 15.8. The van der Waals surface area contributed by atoms with E-state index in [0.717, 1.165) is 51.7 Å². The lowest BCUT2D eigenvalue weighted by molar-refractivity contribution is 0.0420. The highest BCUT2D eigenvalue weighted by molar-refractivity contribution is 5.79. The maximum atomic E-state index is 5.78. The van der Waals surface area contributed by atoms with E-state index < -0.39 is 0 Å². The van der Waals surface area contributed by atoms with E-state index >= 15 is 0 Å². The van der Waals surface area contributed by atoms with Gasteiger partial charge in [-0.3, -0.25) is 4.99 Å². The average molecular weight is 348 g/mol. The van der Waals surface area contributed by atoms with Crippen LogP contribution in [0.15, 0.2) is 35.3 Å². The van der Waals surface area contributed by atoms with Crippen LogP contribution in [0.5, 0.6) is 0 Å². The fraction of sp³-hybridized carbons (Fsp3) is 0.650. The standard InChI is InChI=1S/C20H33N3O2/c1-16(2)19(17-8-5-4-6-9-17)14-23-20(21-3)22-11-7-12-25-18-10-13-24-15-18/h4-6,8-9,16,18-19H,7,10-15H2,1-3H3,(H2,21,22,23). The average Bonchev–Trinajstić information content (AvgIpc) is 3.14. The Labute approximate surface area is 152 Å². The van der Waals surface area contributed by atoms with Crippen LogP contribution in [0.2, 0.25) is 0 Å². The number of ether oxygens (including phenoxy) is 2. The summed E-state index contributed by atoms with van der Waals surface area (Å²) in [6.07, 6.45) is 2.27. The molecule has 1 fully saturated rings. The number of benzene rings is 1. The predicted molar refractivity (Wildman–Crippen MR) is 103 cm³/mol. The van der Waals surface area contributed by atoms with Gasteiger partial charge in [-0.1, -0.05) is 44.2 Å². The van der Waals surface area contributed by atoms with Crippen LogP contribution in [-0.2, 0) is 9.47 Å². The number of nitrogens with one attached hydrogen (secondary N) is 2. The highest BCUT2D eigenvalue weighted by Gasteiger charge is 2.16. The number of hydrogen-bond acceptors (Lipinski definition) is 3. The molecule has 0 aromatic heterocycles. The molecule has 0 aliphatic carbocycles. The fourth-order valence-electron chi connectivity index (χ4n) is 3.04. The number of rotatable bonds is 9. The van der Waals surface area contributed by atoms with Gasteiger partial charge in [-0.05, 0) is 24.3 Å². The van der Waals surface area contributed by atoms with Gasteiger partial charge in [0, 0.05) is 39.3 Å². The summed E-state index contributed by atoms with van der Waals surface area (Å²) in [7, 11) is 1.81. The second-order valence-corrected chi connectivity index (χ2v) is 6.85. The van der Waals surface area contributed by atoms with E-state index in [4.69, 9.17) is 9.47 Å². The van der Waals surface area contributed by atoms with Crippen molar-refractivity contribution < 1.29 is 9.47 Å². The second-order valence-electron chi connectivity index (χ2n) is 6.85. The molecule has 1 aromatic rings. The Morgan fingerprint density at radius 2 is 2.08 bits per heavy atom. The molecule has 2 unspecified atom stereocenters. The van der Waals surface area contributed by atoms with E-state index in [0.29, 0.717) is 11.8 Å². The van der Waals surface area contributed by atoms with Gasteiger partial charge in [0.25, 0.3) is 0 Å². The number of nitrogens with zero attached hydrogens (tertiary/aromatic N) is 1. The normalized spacial score (nSPS) is 19.2. The molecule has 0 saturated carbocycles. The van der Waals surface area contributed by atoms with Gasteiger partial charge in [0.1, 0.15) is 0 Å². The third-order valence-corrected chi connectivity index (χ3v) is 4.60. The quantitative estimate of drug-likeness (QED) is 0.410. The third kappa shape index (κ3) is 7.04. The van der Waals surface area contributed by atoms with E-state index in [1.54, 1.807) is 0 Å². The minimum atomic E-state index is 0.287. The molecular formula is C20H33N3O2. The highest BCUT2D eigenvalue weighted by Crippen LogP contribution is 2.23. The Balaban J connectivity index is 1.67. The zero-order chi connectivity index (χ0) is 17.9. The molecule has 2 atom stereocenters. The van der Waals surface area contributed by atoms with Crippen molar-refractivity contribution in [1.29, 1.82) is 0 Å². The molecular weight excluding hydrogens is 314 g/mol. The van der Waals surface area contributed by atoms with Crippen molar-refractivity contribution in [1.82, 2.24) is 10.6 Å². The van der Waals surface area contributed by atoms with Crippen molar-refractivity contribution >= 4 is 5.96 Å². The van der Waals surface area contributed by atoms with Crippen molar-refractivity contribution in [2.24, 2.45) is 10.9 Å². The molecule has 1 aliphatic heterocycles. The predicted octanol–water partition coefficient (Wildman–Crippen LogP) is 2.79. The van der Waals surface area contributed by atoms with Gasteiger partial charge < -0.3 is 20.1 Å². The van der Waals surface area contributed by atoms with Crippen molar-refractivity contribution in [3.63, 3.8) is 0 Å². The van der Waals surface area contributed by atoms with Crippen molar-refractivity contribution in [2.75, 3.05) is 40.0 Å². The van der Waals surface area contributed by atoms with E-state index in [1.807, 2.05) is 7.05 Å². The van der Waals surface area contributed by atoms with Gasteiger partial charge in [0.15, 0.2) is 5.96 Å². The van der Waals surface area contributed by atoms with Crippen LogP contribution in [0.4, 0.5) is 0 Å². The number of guanidine groups is 1. The third-order valence-electron chi connectivity index (χ3n) is 4.60. The molecule has 5 heteroatoms. The summed E-state index contributed by atoms with van der Waals surface area (Å²) in [5.74, 6) is 1.88. The van der Waals surface area contributed by atoms with Crippen LogP contribution in [-0.4, -0.2) is 52.0 Å². The first-order valence-electron chi connectivity index (χ1n) is 9.39. The number of hydrogen-bond donors (Lipinski definition) is 2. The van der Waals surface area contributed by atoms with Gasteiger partial charge in [-0.2, -0.15) is 0 Å². The molecule has 1 aromatic carbocycles. The van der Waals surface area contributed by atoms with Gasteiger partial charge in [0.05, 0.1) is 12.7 Å². The first-order valence-corrected chi connectivity index (χ1v) is 9.39. The molecule has 5 nitrogen and oxygen atoms in total. The lowest BCUT2D eigenvalue weighted by Gasteiger charge is -2.23. The first-order chi connectivity index (χ1) is 12.2. The summed E-state index contributed by atoms with van der Waals surface area (Å²) < 4.78 is 11.1. The summed E-state index contributed by atoms with van der Waals surface area (Å²) in [5.41, 5.74) is 1.37. The molecule has 1 aliphatic rings. The lowest BCUT2D eigenvalue weighted by atomic mass is 9.88.